The van der Waals surface area contributed by atoms with Crippen molar-refractivity contribution in [3.8, 4) is 11.8 Å². The summed E-state index contributed by atoms with van der Waals surface area (Å²) < 4.78 is 12.9. The number of fused-ring (bicyclic) bond motifs is 3. The van der Waals surface area contributed by atoms with E-state index in [4.69, 9.17) is 14.1 Å². The third-order valence-corrected chi connectivity index (χ3v) is 10.6. The smallest absolute Gasteiger partial charge is 0.363 e. The van der Waals surface area contributed by atoms with E-state index >= 15 is 0 Å². The summed E-state index contributed by atoms with van der Waals surface area (Å²) in [6, 6.07) is 14.0. The van der Waals surface area contributed by atoms with Gasteiger partial charge in [0.05, 0.1) is 6.26 Å². The molecule has 1 aromatic heterocycles. The fourth-order valence-corrected chi connectivity index (χ4v) is 9.31. The molecule has 2 aliphatic heterocycles. The van der Waals surface area contributed by atoms with Crippen LogP contribution < -0.4 is 0 Å². The van der Waals surface area contributed by atoms with Crippen molar-refractivity contribution in [2.75, 3.05) is 0 Å². The predicted molar refractivity (Wildman–Crippen MR) is 151 cm³/mol. The molecule has 1 unspecified atom stereocenters. The summed E-state index contributed by atoms with van der Waals surface area (Å²) in [6.07, 6.45) is 12.8. The van der Waals surface area contributed by atoms with Crippen LogP contribution in [0.25, 0.3) is 0 Å². The van der Waals surface area contributed by atoms with E-state index in [9.17, 15) is 0 Å². The minimum Gasteiger partial charge on any atom is -0.547 e. The van der Waals surface area contributed by atoms with Gasteiger partial charge in [0, 0.05) is 20.1 Å². The van der Waals surface area contributed by atoms with Gasteiger partial charge in [-0.05, 0) is 47.9 Å². The van der Waals surface area contributed by atoms with E-state index in [0.717, 1.165) is 42.4 Å². The number of unbranched alkanes of at least 4 members (excludes halogenated alkanes) is 2. The van der Waals surface area contributed by atoms with Crippen molar-refractivity contribution < 1.29 is 9.07 Å². The molecule has 0 saturated carbocycles. The van der Waals surface area contributed by atoms with Crippen LogP contribution in [0.3, 0.4) is 0 Å². The number of hydrogen-bond acceptors (Lipinski definition) is 3. The largest absolute Gasteiger partial charge is 0.547 e. The van der Waals surface area contributed by atoms with Crippen molar-refractivity contribution in [1.29, 1.82) is 0 Å². The van der Waals surface area contributed by atoms with Crippen LogP contribution in [0, 0.1) is 17.8 Å². The summed E-state index contributed by atoms with van der Waals surface area (Å²) in [6.45, 7) is 10.1. The molecule has 0 radical (unpaired) electrons. The molecule has 1 aromatic carbocycles. The lowest BCUT2D eigenvalue weighted by Gasteiger charge is -2.38. The highest BCUT2D eigenvalue weighted by Crippen LogP contribution is 2.50. The molecule has 2 aliphatic rings. The quantitative estimate of drug-likeness (QED) is 0.129. The zero-order chi connectivity index (χ0) is 24.7. The van der Waals surface area contributed by atoms with Crippen molar-refractivity contribution in [2.45, 2.75) is 102 Å². The Bertz CT molecular complexity index is 992. The number of rotatable bonds is 7. The second kappa shape index (κ2) is 12.2. The molecule has 0 spiro atoms. The van der Waals surface area contributed by atoms with E-state index in [0.29, 0.717) is 11.3 Å². The molecule has 0 N–H and O–H groups in total. The molecule has 35 heavy (non-hydrogen) atoms. The van der Waals surface area contributed by atoms with E-state index < -0.39 is 8.07 Å². The Morgan fingerprint density at radius 2 is 1.83 bits per heavy atom. The average Bonchev–Trinajstić information content (AvgIpc) is 3.22. The summed E-state index contributed by atoms with van der Waals surface area (Å²) in [4.78, 5) is 5.18. The Morgan fingerprint density at radius 3 is 2.46 bits per heavy atom. The van der Waals surface area contributed by atoms with Gasteiger partial charge in [-0.3, -0.25) is 0 Å². The van der Waals surface area contributed by atoms with Crippen molar-refractivity contribution in [3.63, 3.8) is 0 Å². The average molecular weight is 488 g/mol. The van der Waals surface area contributed by atoms with Crippen LogP contribution >= 0.6 is 0 Å². The van der Waals surface area contributed by atoms with Gasteiger partial charge in [-0.15, -0.1) is 5.92 Å². The lowest BCUT2D eigenvalue weighted by Crippen LogP contribution is -2.46. The molecule has 186 valence electrons. The third-order valence-electron chi connectivity index (χ3n) is 7.85. The molecule has 2 aromatic rings. The molecule has 2 saturated heterocycles. The lowest BCUT2D eigenvalue weighted by atomic mass is 9.51. The molecule has 3 heterocycles. The SMILES string of the molecule is CCCCC#C[C@H](N=C(OB1C2CCCC(CCC2)C1[Si](C)(C)C)c1ccccc1)c1ccco1. The van der Waals surface area contributed by atoms with Crippen molar-refractivity contribution >= 4 is 20.9 Å². The maximum Gasteiger partial charge on any atom is 0.363 e. The highest BCUT2D eigenvalue weighted by Gasteiger charge is 2.50. The Kier molecular flexibility index (Phi) is 9.00. The van der Waals surface area contributed by atoms with Gasteiger partial charge in [0.1, 0.15) is 5.76 Å². The number of nitrogens with zero attached hydrogens (tertiary/aromatic N) is 1. The predicted octanol–water partition coefficient (Wildman–Crippen LogP) is 8.57. The monoisotopic (exact) mass is 487 g/mol. The summed E-state index contributed by atoms with van der Waals surface area (Å²) in [5.74, 6) is 9.66. The zero-order valence-corrected chi connectivity index (χ0v) is 23.1. The van der Waals surface area contributed by atoms with Crippen LogP contribution in [0.15, 0.2) is 58.1 Å². The Balaban J connectivity index is 1.74. The zero-order valence-electron chi connectivity index (χ0n) is 22.1. The van der Waals surface area contributed by atoms with E-state index in [1.807, 2.05) is 12.1 Å². The maximum absolute atomic E-state index is 7.14. The van der Waals surface area contributed by atoms with Crippen molar-refractivity contribution in [3.05, 3.63) is 60.1 Å². The summed E-state index contributed by atoms with van der Waals surface area (Å²) in [5, 5.41) is 0. The fourth-order valence-electron chi connectivity index (χ4n) is 6.24. The lowest BCUT2D eigenvalue weighted by molar-refractivity contribution is 0.411. The topological polar surface area (TPSA) is 34.7 Å². The second-order valence-corrected chi connectivity index (χ2v) is 16.9. The molecule has 0 aliphatic carbocycles. The van der Waals surface area contributed by atoms with E-state index in [1.165, 1.54) is 38.5 Å². The normalized spacial score (nSPS) is 23.7. The van der Waals surface area contributed by atoms with Crippen molar-refractivity contribution in [2.24, 2.45) is 10.9 Å². The van der Waals surface area contributed by atoms with Crippen LogP contribution in [-0.2, 0) is 4.65 Å². The van der Waals surface area contributed by atoms with E-state index in [-0.39, 0.29) is 13.0 Å². The Labute approximate surface area is 214 Å². The highest BCUT2D eigenvalue weighted by molar-refractivity contribution is 6.89. The molecular formula is C30H42BNO2Si. The van der Waals surface area contributed by atoms with Gasteiger partial charge in [-0.2, -0.15) is 0 Å². The number of hydrogen-bond donors (Lipinski definition) is 0. The van der Waals surface area contributed by atoms with Crippen LogP contribution in [0.2, 0.25) is 30.9 Å². The first-order valence-corrected chi connectivity index (χ1v) is 17.4. The highest BCUT2D eigenvalue weighted by atomic mass is 28.3. The van der Waals surface area contributed by atoms with Crippen LogP contribution in [0.1, 0.15) is 82.1 Å². The summed E-state index contributed by atoms with van der Waals surface area (Å²) in [7, 11) is -1.46. The van der Waals surface area contributed by atoms with Gasteiger partial charge in [0.15, 0.2) is 11.9 Å². The molecule has 2 bridgehead atoms. The van der Waals surface area contributed by atoms with Gasteiger partial charge in [0.2, 0.25) is 0 Å². The summed E-state index contributed by atoms with van der Waals surface area (Å²) in [5.41, 5.74) is 1.69. The van der Waals surface area contributed by atoms with Gasteiger partial charge in [0.25, 0.3) is 0 Å². The van der Waals surface area contributed by atoms with Gasteiger partial charge in [-0.1, -0.05) is 95.6 Å². The molecule has 2 fully saturated rings. The van der Waals surface area contributed by atoms with Gasteiger partial charge in [-0.25, -0.2) is 4.99 Å². The number of benzene rings is 1. The van der Waals surface area contributed by atoms with Gasteiger partial charge >= 0.3 is 6.92 Å². The summed E-state index contributed by atoms with van der Waals surface area (Å²) >= 11 is 0. The van der Waals surface area contributed by atoms with Crippen molar-refractivity contribution in [1.82, 2.24) is 0 Å². The molecule has 0 amide bonds. The van der Waals surface area contributed by atoms with E-state index in [1.54, 1.807) is 6.26 Å². The number of furan rings is 1. The minimum atomic E-state index is -1.46. The van der Waals surface area contributed by atoms with Gasteiger partial charge < -0.3 is 9.07 Å². The molecule has 4 rings (SSSR count). The van der Waals surface area contributed by atoms with Crippen LogP contribution in [0.5, 0.6) is 0 Å². The molecular weight excluding hydrogens is 445 g/mol. The minimum absolute atomic E-state index is 0.237. The Hall–Kier alpha value is -2.19. The first-order chi connectivity index (χ1) is 17.0. The standard InChI is InChI=1S/C30H42BNO2Si/c1-5-6-7-11-21-27(28-22-14-23-33-28)32-30(25-15-9-8-10-16-25)34-31-26-19-12-17-24(18-13-20-26)29(31)35(2,3)4/h8-10,14-16,22-24,26-27,29H,5-7,12-13,17-20H2,1-4H3/t24?,26?,27-,29?/m0/s1. The first-order valence-electron chi connectivity index (χ1n) is 13.8. The Morgan fingerprint density at radius 1 is 1.09 bits per heavy atom. The third kappa shape index (κ3) is 6.73. The number of aliphatic imine (C=N–C) groups is 1. The molecule has 2 atom stereocenters. The van der Waals surface area contributed by atoms with Crippen LogP contribution in [-0.4, -0.2) is 20.9 Å². The van der Waals surface area contributed by atoms with Crippen LogP contribution in [0.4, 0.5) is 0 Å². The molecule has 5 heteroatoms. The van der Waals surface area contributed by atoms with E-state index in [2.05, 4.69) is 68.7 Å². The maximum atomic E-state index is 7.14. The fraction of sp³-hybridized carbons (Fsp3) is 0.567. The molecule has 3 nitrogen and oxygen atoms in total. The second-order valence-electron chi connectivity index (χ2n) is 11.5. The first kappa shape index (κ1) is 25.9.